The molecule has 2 aromatic rings. The fourth-order valence-corrected chi connectivity index (χ4v) is 2.51. The number of aliphatic hydroxyl groups is 1. The second-order valence-electron chi connectivity index (χ2n) is 5.13. The first-order valence-electron chi connectivity index (χ1n) is 7.57. The lowest BCUT2D eigenvalue weighted by atomic mass is 10.1. The standard InChI is InChI=1S/C17H19BrN2O4/c1-2-20(9-10-21)16(22)11-12-3-5-13(6-4-12)19-17(23)14-7-8-15(18)24-14/h3-8,21H,2,9-11H2,1H3,(H,19,23). The van der Waals surface area contributed by atoms with Gasteiger partial charge in [0, 0.05) is 18.8 Å². The lowest BCUT2D eigenvalue weighted by molar-refractivity contribution is -0.130. The van der Waals surface area contributed by atoms with Gasteiger partial charge in [-0.05, 0) is 52.7 Å². The highest BCUT2D eigenvalue weighted by Crippen LogP contribution is 2.16. The van der Waals surface area contributed by atoms with Crippen LogP contribution in [0.1, 0.15) is 23.0 Å². The molecule has 24 heavy (non-hydrogen) atoms. The number of carbonyl (C=O) groups excluding carboxylic acids is 2. The maximum atomic E-state index is 12.1. The summed E-state index contributed by atoms with van der Waals surface area (Å²) in [5, 5.41) is 11.7. The van der Waals surface area contributed by atoms with Gasteiger partial charge in [0.05, 0.1) is 13.0 Å². The van der Waals surface area contributed by atoms with Crippen LogP contribution < -0.4 is 5.32 Å². The molecule has 0 aliphatic rings. The smallest absolute Gasteiger partial charge is 0.291 e. The van der Waals surface area contributed by atoms with E-state index >= 15 is 0 Å². The minimum absolute atomic E-state index is 0.0382. The highest BCUT2D eigenvalue weighted by molar-refractivity contribution is 9.10. The predicted molar refractivity (Wildman–Crippen MR) is 93.8 cm³/mol. The van der Waals surface area contributed by atoms with E-state index in [1.165, 1.54) is 0 Å². The normalized spacial score (nSPS) is 10.5. The molecule has 128 valence electrons. The minimum atomic E-state index is -0.343. The number of amides is 2. The molecule has 0 bridgehead atoms. The number of likely N-dealkylation sites (N-methyl/N-ethyl adjacent to an activating group) is 1. The summed E-state index contributed by atoms with van der Waals surface area (Å²) < 4.78 is 5.68. The van der Waals surface area contributed by atoms with Crippen LogP contribution in [0.4, 0.5) is 5.69 Å². The van der Waals surface area contributed by atoms with Crippen molar-refractivity contribution < 1.29 is 19.1 Å². The van der Waals surface area contributed by atoms with Crippen LogP contribution in [0, 0.1) is 0 Å². The molecule has 0 atom stereocenters. The Morgan fingerprint density at radius 1 is 1.21 bits per heavy atom. The second kappa shape index (κ2) is 8.65. The minimum Gasteiger partial charge on any atom is -0.444 e. The number of hydrogen-bond acceptors (Lipinski definition) is 4. The first-order valence-corrected chi connectivity index (χ1v) is 8.37. The summed E-state index contributed by atoms with van der Waals surface area (Å²) in [6.45, 7) is 2.72. The van der Waals surface area contributed by atoms with E-state index in [2.05, 4.69) is 21.2 Å². The maximum absolute atomic E-state index is 12.1. The Hall–Kier alpha value is -2.12. The number of rotatable bonds is 7. The number of nitrogens with one attached hydrogen (secondary N) is 1. The van der Waals surface area contributed by atoms with Crippen molar-refractivity contribution >= 4 is 33.4 Å². The highest BCUT2D eigenvalue weighted by atomic mass is 79.9. The molecular formula is C17H19BrN2O4. The van der Waals surface area contributed by atoms with Gasteiger partial charge in [0.1, 0.15) is 0 Å². The number of anilines is 1. The SMILES string of the molecule is CCN(CCO)C(=O)Cc1ccc(NC(=O)c2ccc(Br)o2)cc1. The lowest BCUT2D eigenvalue weighted by Crippen LogP contribution is -2.34. The van der Waals surface area contributed by atoms with E-state index < -0.39 is 0 Å². The summed E-state index contributed by atoms with van der Waals surface area (Å²) in [5.41, 5.74) is 1.46. The molecule has 0 spiro atoms. The van der Waals surface area contributed by atoms with Gasteiger partial charge in [0.15, 0.2) is 10.4 Å². The number of benzene rings is 1. The largest absolute Gasteiger partial charge is 0.444 e. The molecule has 1 heterocycles. The predicted octanol–water partition coefficient (Wildman–Crippen LogP) is 2.68. The molecule has 0 aliphatic heterocycles. The van der Waals surface area contributed by atoms with Gasteiger partial charge in [-0.1, -0.05) is 12.1 Å². The van der Waals surface area contributed by atoms with Gasteiger partial charge in [-0.3, -0.25) is 9.59 Å². The van der Waals surface area contributed by atoms with Crippen molar-refractivity contribution in [3.8, 4) is 0 Å². The molecule has 2 rings (SSSR count). The Balaban J connectivity index is 1.95. The van der Waals surface area contributed by atoms with Crippen molar-refractivity contribution in [2.75, 3.05) is 25.0 Å². The molecule has 0 radical (unpaired) electrons. The van der Waals surface area contributed by atoms with Crippen LogP contribution in [0.2, 0.25) is 0 Å². The van der Waals surface area contributed by atoms with Crippen molar-refractivity contribution in [3.05, 3.63) is 52.4 Å². The fraction of sp³-hybridized carbons (Fsp3) is 0.294. The Bertz CT molecular complexity index is 697. The average molecular weight is 395 g/mol. The molecule has 0 saturated carbocycles. The van der Waals surface area contributed by atoms with Gasteiger partial charge in [-0.15, -0.1) is 0 Å². The van der Waals surface area contributed by atoms with Crippen LogP contribution in [-0.2, 0) is 11.2 Å². The van der Waals surface area contributed by atoms with E-state index in [-0.39, 0.29) is 30.6 Å². The highest BCUT2D eigenvalue weighted by Gasteiger charge is 2.13. The third-order valence-corrected chi connectivity index (χ3v) is 3.89. The van der Waals surface area contributed by atoms with Crippen molar-refractivity contribution in [2.24, 2.45) is 0 Å². The summed E-state index contributed by atoms with van der Waals surface area (Å²) in [4.78, 5) is 25.7. The monoisotopic (exact) mass is 394 g/mol. The molecule has 1 aromatic heterocycles. The molecule has 6 nitrogen and oxygen atoms in total. The zero-order valence-corrected chi connectivity index (χ0v) is 14.9. The van der Waals surface area contributed by atoms with Crippen LogP contribution >= 0.6 is 15.9 Å². The first-order chi connectivity index (χ1) is 11.5. The second-order valence-corrected chi connectivity index (χ2v) is 5.91. The van der Waals surface area contributed by atoms with Crippen molar-refractivity contribution in [2.45, 2.75) is 13.3 Å². The van der Waals surface area contributed by atoms with Gasteiger partial charge in [0.25, 0.3) is 5.91 Å². The molecule has 0 saturated heterocycles. The number of halogens is 1. The number of aliphatic hydroxyl groups excluding tert-OH is 1. The lowest BCUT2D eigenvalue weighted by Gasteiger charge is -2.19. The Kier molecular flexibility index (Phi) is 6.57. The summed E-state index contributed by atoms with van der Waals surface area (Å²) in [7, 11) is 0. The Morgan fingerprint density at radius 2 is 1.92 bits per heavy atom. The molecule has 0 unspecified atom stereocenters. The number of nitrogens with zero attached hydrogens (tertiary/aromatic N) is 1. The molecule has 1 aromatic carbocycles. The van der Waals surface area contributed by atoms with Gasteiger partial charge < -0.3 is 19.7 Å². The van der Waals surface area contributed by atoms with E-state index in [1.807, 2.05) is 6.92 Å². The number of carbonyl (C=O) groups is 2. The van der Waals surface area contributed by atoms with Crippen molar-refractivity contribution in [3.63, 3.8) is 0 Å². The van der Waals surface area contributed by atoms with Gasteiger partial charge in [-0.25, -0.2) is 0 Å². The third kappa shape index (κ3) is 4.94. The first kappa shape index (κ1) is 18.2. The molecule has 2 N–H and O–H groups in total. The molecule has 0 aliphatic carbocycles. The van der Waals surface area contributed by atoms with Crippen molar-refractivity contribution in [1.82, 2.24) is 4.90 Å². The van der Waals surface area contributed by atoms with Crippen LogP contribution in [0.15, 0.2) is 45.5 Å². The topological polar surface area (TPSA) is 82.8 Å². The fourth-order valence-electron chi connectivity index (χ4n) is 2.20. The summed E-state index contributed by atoms with van der Waals surface area (Å²) in [6.07, 6.45) is 0.257. The molecular weight excluding hydrogens is 376 g/mol. The van der Waals surface area contributed by atoms with Crippen LogP contribution in [-0.4, -0.2) is 41.5 Å². The van der Waals surface area contributed by atoms with E-state index in [0.29, 0.717) is 23.4 Å². The van der Waals surface area contributed by atoms with Gasteiger partial charge in [-0.2, -0.15) is 0 Å². The molecule has 0 fully saturated rings. The summed E-state index contributed by atoms with van der Waals surface area (Å²) >= 11 is 3.15. The van der Waals surface area contributed by atoms with E-state index in [4.69, 9.17) is 9.52 Å². The Morgan fingerprint density at radius 3 is 2.46 bits per heavy atom. The van der Waals surface area contributed by atoms with E-state index in [1.54, 1.807) is 41.3 Å². The third-order valence-electron chi connectivity index (χ3n) is 3.47. The Labute approximate surface area is 148 Å². The average Bonchev–Trinajstić information content (AvgIpc) is 3.01. The summed E-state index contributed by atoms with van der Waals surface area (Å²) in [6, 6.07) is 10.3. The van der Waals surface area contributed by atoms with Crippen LogP contribution in [0.25, 0.3) is 0 Å². The number of furan rings is 1. The molecule has 7 heteroatoms. The summed E-state index contributed by atoms with van der Waals surface area (Å²) in [5.74, 6) is -0.169. The van der Waals surface area contributed by atoms with E-state index in [9.17, 15) is 9.59 Å². The zero-order valence-electron chi connectivity index (χ0n) is 13.3. The maximum Gasteiger partial charge on any atom is 0.291 e. The zero-order chi connectivity index (χ0) is 17.5. The van der Waals surface area contributed by atoms with Gasteiger partial charge >= 0.3 is 0 Å². The quantitative estimate of drug-likeness (QED) is 0.755. The number of hydrogen-bond donors (Lipinski definition) is 2. The van der Waals surface area contributed by atoms with Crippen LogP contribution in [0.3, 0.4) is 0 Å². The molecule has 2 amide bonds. The van der Waals surface area contributed by atoms with Gasteiger partial charge in [0.2, 0.25) is 5.91 Å². The van der Waals surface area contributed by atoms with E-state index in [0.717, 1.165) is 5.56 Å². The van der Waals surface area contributed by atoms with Crippen LogP contribution in [0.5, 0.6) is 0 Å². The van der Waals surface area contributed by atoms with Crippen molar-refractivity contribution in [1.29, 1.82) is 0 Å².